The third-order valence-electron chi connectivity index (χ3n) is 1.34. The molecule has 2 nitrogen and oxygen atoms in total. The second-order valence-electron chi connectivity index (χ2n) is 2.72. The molecule has 0 spiro atoms. The van der Waals surface area contributed by atoms with Crippen LogP contribution < -0.4 is 10.5 Å². The predicted molar refractivity (Wildman–Crippen MR) is 50.6 cm³/mol. The third kappa shape index (κ3) is 2.72. The van der Waals surface area contributed by atoms with E-state index in [4.69, 9.17) is 22.1 Å². The quantitative estimate of drug-likeness (QED) is 0.783. The summed E-state index contributed by atoms with van der Waals surface area (Å²) < 4.78 is 5.34. The first-order valence-electron chi connectivity index (χ1n) is 3.83. The molecule has 0 bridgehead atoms. The number of ether oxygens (including phenoxy) is 1. The maximum atomic E-state index is 5.84. The second-order valence-corrected chi connectivity index (χ2v) is 3.13. The van der Waals surface area contributed by atoms with Gasteiger partial charge in [-0.3, -0.25) is 0 Å². The minimum atomic E-state index is 0.0290. The molecule has 0 radical (unpaired) electrons. The lowest BCUT2D eigenvalue weighted by atomic mass is 10.3. The Kier molecular flexibility index (Phi) is 3.38. The normalized spacial score (nSPS) is 12.6. The Morgan fingerprint density at radius 3 is 2.75 bits per heavy atom. The highest BCUT2D eigenvalue weighted by molar-refractivity contribution is 6.32. The maximum absolute atomic E-state index is 5.84. The zero-order valence-corrected chi connectivity index (χ0v) is 7.71. The number of halogens is 1. The minimum Gasteiger partial charge on any atom is -0.490 e. The van der Waals surface area contributed by atoms with E-state index in [9.17, 15) is 0 Å². The van der Waals surface area contributed by atoms with Crippen molar-refractivity contribution in [1.29, 1.82) is 0 Å². The highest BCUT2D eigenvalue weighted by Crippen LogP contribution is 2.22. The molecule has 0 heterocycles. The maximum Gasteiger partial charge on any atom is 0.137 e. The van der Waals surface area contributed by atoms with Crippen LogP contribution in [0.1, 0.15) is 6.92 Å². The van der Waals surface area contributed by atoms with Crippen LogP contribution in [0.5, 0.6) is 5.75 Å². The summed E-state index contributed by atoms with van der Waals surface area (Å²) in [5.41, 5.74) is 5.52. The van der Waals surface area contributed by atoms with Gasteiger partial charge in [-0.25, -0.2) is 0 Å². The monoisotopic (exact) mass is 185 g/mol. The average Bonchev–Trinajstić information content (AvgIpc) is 2.03. The Labute approximate surface area is 77.3 Å². The Balaban J connectivity index is 2.57. The predicted octanol–water partition coefficient (Wildman–Crippen LogP) is 2.07. The van der Waals surface area contributed by atoms with Crippen molar-refractivity contribution in [2.24, 2.45) is 5.73 Å². The van der Waals surface area contributed by atoms with E-state index < -0.39 is 0 Å². The van der Waals surface area contributed by atoms with Gasteiger partial charge >= 0.3 is 0 Å². The van der Waals surface area contributed by atoms with Gasteiger partial charge in [-0.15, -0.1) is 0 Å². The topological polar surface area (TPSA) is 35.2 Å². The first kappa shape index (κ1) is 9.36. The van der Waals surface area contributed by atoms with Gasteiger partial charge in [0.2, 0.25) is 0 Å². The molecular formula is C9H12ClNO. The molecule has 0 aromatic heterocycles. The molecule has 66 valence electrons. The van der Waals surface area contributed by atoms with Crippen molar-refractivity contribution in [2.75, 3.05) is 6.61 Å². The summed E-state index contributed by atoms with van der Waals surface area (Å²) in [6.45, 7) is 2.38. The highest BCUT2D eigenvalue weighted by Gasteiger charge is 2.00. The molecule has 0 fully saturated rings. The lowest BCUT2D eigenvalue weighted by Gasteiger charge is -2.09. The van der Waals surface area contributed by atoms with Crippen molar-refractivity contribution in [3.63, 3.8) is 0 Å². The van der Waals surface area contributed by atoms with Crippen LogP contribution in [0.4, 0.5) is 0 Å². The molecule has 12 heavy (non-hydrogen) atoms. The van der Waals surface area contributed by atoms with Gasteiger partial charge in [0.25, 0.3) is 0 Å². The smallest absolute Gasteiger partial charge is 0.137 e. The number of nitrogens with two attached hydrogens (primary N) is 1. The van der Waals surface area contributed by atoms with Crippen molar-refractivity contribution in [2.45, 2.75) is 13.0 Å². The zero-order valence-electron chi connectivity index (χ0n) is 6.96. The van der Waals surface area contributed by atoms with Crippen LogP contribution >= 0.6 is 11.6 Å². The summed E-state index contributed by atoms with van der Waals surface area (Å²) in [6.07, 6.45) is 0. The molecule has 3 heteroatoms. The van der Waals surface area contributed by atoms with Gasteiger partial charge in [0, 0.05) is 6.04 Å². The Morgan fingerprint density at radius 2 is 2.17 bits per heavy atom. The Morgan fingerprint density at radius 1 is 1.50 bits per heavy atom. The molecule has 0 saturated heterocycles. The van der Waals surface area contributed by atoms with Gasteiger partial charge < -0.3 is 10.5 Å². The number of benzene rings is 1. The van der Waals surface area contributed by atoms with Crippen LogP contribution in [0, 0.1) is 0 Å². The Bertz CT molecular complexity index is 250. The molecule has 1 rings (SSSR count). The summed E-state index contributed by atoms with van der Waals surface area (Å²) >= 11 is 5.84. The fourth-order valence-electron chi connectivity index (χ4n) is 0.783. The van der Waals surface area contributed by atoms with Crippen LogP contribution in [-0.2, 0) is 0 Å². The molecule has 2 N–H and O–H groups in total. The lowest BCUT2D eigenvalue weighted by molar-refractivity contribution is 0.296. The van der Waals surface area contributed by atoms with E-state index in [-0.39, 0.29) is 6.04 Å². The number of rotatable bonds is 3. The fourth-order valence-corrected chi connectivity index (χ4v) is 0.973. The third-order valence-corrected chi connectivity index (χ3v) is 1.65. The van der Waals surface area contributed by atoms with Crippen LogP contribution in [-0.4, -0.2) is 12.6 Å². The molecular weight excluding hydrogens is 174 g/mol. The van der Waals surface area contributed by atoms with Crippen LogP contribution in [0.25, 0.3) is 0 Å². The zero-order chi connectivity index (χ0) is 8.97. The van der Waals surface area contributed by atoms with Crippen molar-refractivity contribution < 1.29 is 4.74 Å². The molecule has 0 amide bonds. The molecule has 0 saturated carbocycles. The first-order valence-corrected chi connectivity index (χ1v) is 4.21. The largest absolute Gasteiger partial charge is 0.490 e. The highest BCUT2D eigenvalue weighted by atomic mass is 35.5. The summed E-state index contributed by atoms with van der Waals surface area (Å²) in [5, 5.41) is 0.623. The van der Waals surface area contributed by atoms with Crippen LogP contribution in [0.3, 0.4) is 0 Å². The van der Waals surface area contributed by atoms with Crippen molar-refractivity contribution in [3.05, 3.63) is 29.3 Å². The summed E-state index contributed by atoms with van der Waals surface area (Å²) in [7, 11) is 0. The summed E-state index contributed by atoms with van der Waals surface area (Å²) in [4.78, 5) is 0. The second kappa shape index (κ2) is 4.33. The van der Waals surface area contributed by atoms with Crippen molar-refractivity contribution >= 4 is 11.6 Å². The lowest BCUT2D eigenvalue weighted by Crippen LogP contribution is -2.23. The molecule has 1 aromatic rings. The summed E-state index contributed by atoms with van der Waals surface area (Å²) in [5.74, 6) is 0.691. The molecule has 0 aliphatic heterocycles. The number of para-hydroxylation sites is 1. The average molecular weight is 186 g/mol. The van der Waals surface area contributed by atoms with Gasteiger partial charge in [0.05, 0.1) is 5.02 Å². The van der Waals surface area contributed by atoms with Crippen molar-refractivity contribution in [3.8, 4) is 5.75 Å². The van der Waals surface area contributed by atoms with E-state index in [1.165, 1.54) is 0 Å². The molecule has 0 aliphatic carbocycles. The van der Waals surface area contributed by atoms with E-state index in [1.807, 2.05) is 25.1 Å². The van der Waals surface area contributed by atoms with Gasteiger partial charge in [-0.2, -0.15) is 0 Å². The van der Waals surface area contributed by atoms with Crippen LogP contribution in [0.15, 0.2) is 24.3 Å². The standard InChI is InChI=1S/C9H12ClNO/c1-7(11)6-12-9-5-3-2-4-8(9)10/h2-5,7H,6,11H2,1H3/t7-/m0/s1. The molecule has 1 aromatic carbocycles. The van der Waals surface area contributed by atoms with Crippen molar-refractivity contribution in [1.82, 2.24) is 0 Å². The van der Waals surface area contributed by atoms with E-state index in [0.29, 0.717) is 17.4 Å². The van der Waals surface area contributed by atoms with Gasteiger partial charge in [0.15, 0.2) is 0 Å². The first-order chi connectivity index (χ1) is 5.70. The molecule has 0 unspecified atom stereocenters. The van der Waals surface area contributed by atoms with Gasteiger partial charge in [-0.1, -0.05) is 23.7 Å². The Hall–Kier alpha value is -0.730. The van der Waals surface area contributed by atoms with E-state index >= 15 is 0 Å². The fraction of sp³-hybridized carbons (Fsp3) is 0.333. The van der Waals surface area contributed by atoms with Gasteiger partial charge in [0.1, 0.15) is 12.4 Å². The minimum absolute atomic E-state index is 0.0290. The van der Waals surface area contributed by atoms with Gasteiger partial charge in [-0.05, 0) is 19.1 Å². The van der Waals surface area contributed by atoms with E-state index in [0.717, 1.165) is 0 Å². The van der Waals surface area contributed by atoms with Crippen LogP contribution in [0.2, 0.25) is 5.02 Å². The number of hydrogen-bond donors (Lipinski definition) is 1. The number of hydrogen-bond acceptors (Lipinski definition) is 2. The SMILES string of the molecule is C[C@H](N)COc1ccccc1Cl. The summed E-state index contributed by atoms with van der Waals surface area (Å²) in [6, 6.07) is 7.38. The van der Waals surface area contributed by atoms with E-state index in [2.05, 4.69) is 0 Å². The molecule has 1 atom stereocenters. The molecule has 0 aliphatic rings. The van der Waals surface area contributed by atoms with E-state index in [1.54, 1.807) is 6.07 Å².